The molecule has 0 aliphatic heterocycles. The lowest BCUT2D eigenvalue weighted by atomic mass is 10.2. The zero-order valence-corrected chi connectivity index (χ0v) is 14.5. The topological polar surface area (TPSA) is 107 Å². The summed E-state index contributed by atoms with van der Waals surface area (Å²) in [5.41, 5.74) is -0.206. The van der Waals surface area contributed by atoms with Gasteiger partial charge in [-0.25, -0.2) is 14.6 Å². The van der Waals surface area contributed by atoms with E-state index in [2.05, 4.69) is 25.7 Å². The lowest BCUT2D eigenvalue weighted by Gasteiger charge is -2.10. The minimum absolute atomic E-state index is 0.119. The van der Waals surface area contributed by atoms with Crippen LogP contribution >= 0.6 is 0 Å². The number of carbonyl (C=O) groups excluding carboxylic acids is 1. The SMILES string of the molecule is Cc1nc(NCCNC(=O)c2cccn(C)c2=O)cc(-n2cccn2)n1. The number of nitrogens with one attached hydrogen (secondary N) is 2. The largest absolute Gasteiger partial charge is 0.368 e. The van der Waals surface area contributed by atoms with Crippen LogP contribution in [0.5, 0.6) is 0 Å². The van der Waals surface area contributed by atoms with Crippen LogP contribution in [-0.4, -0.2) is 43.3 Å². The van der Waals surface area contributed by atoms with Crippen LogP contribution in [0.15, 0.2) is 47.7 Å². The van der Waals surface area contributed by atoms with Gasteiger partial charge in [0, 0.05) is 44.8 Å². The fraction of sp³-hybridized carbons (Fsp3) is 0.235. The van der Waals surface area contributed by atoms with Crippen molar-refractivity contribution in [2.24, 2.45) is 7.05 Å². The summed E-state index contributed by atoms with van der Waals surface area (Å²) in [5.74, 6) is 1.50. The first-order valence-electron chi connectivity index (χ1n) is 8.08. The van der Waals surface area contributed by atoms with E-state index in [4.69, 9.17) is 0 Å². The quantitative estimate of drug-likeness (QED) is 0.626. The molecule has 0 saturated carbocycles. The summed E-state index contributed by atoms with van der Waals surface area (Å²) in [7, 11) is 1.61. The normalized spacial score (nSPS) is 10.5. The van der Waals surface area contributed by atoms with Gasteiger partial charge in [-0.15, -0.1) is 0 Å². The van der Waals surface area contributed by atoms with E-state index in [9.17, 15) is 9.59 Å². The van der Waals surface area contributed by atoms with Crippen LogP contribution in [0.1, 0.15) is 16.2 Å². The lowest BCUT2D eigenvalue weighted by Crippen LogP contribution is -2.34. The molecular weight excluding hydrogens is 334 g/mol. The Morgan fingerprint density at radius 2 is 2.04 bits per heavy atom. The number of hydrogen-bond donors (Lipinski definition) is 2. The molecule has 0 aromatic carbocycles. The number of rotatable bonds is 6. The lowest BCUT2D eigenvalue weighted by molar-refractivity contribution is 0.0953. The van der Waals surface area contributed by atoms with Crippen molar-refractivity contribution in [3.63, 3.8) is 0 Å². The van der Waals surface area contributed by atoms with Gasteiger partial charge in [0.05, 0.1) is 0 Å². The third kappa shape index (κ3) is 3.94. The molecule has 3 rings (SSSR count). The molecule has 0 radical (unpaired) electrons. The van der Waals surface area contributed by atoms with E-state index in [0.29, 0.717) is 30.5 Å². The molecule has 9 nitrogen and oxygen atoms in total. The predicted molar refractivity (Wildman–Crippen MR) is 96.4 cm³/mol. The summed E-state index contributed by atoms with van der Waals surface area (Å²) in [6.07, 6.45) is 5.08. The molecule has 3 heterocycles. The van der Waals surface area contributed by atoms with E-state index in [1.54, 1.807) is 49.4 Å². The highest BCUT2D eigenvalue weighted by atomic mass is 16.2. The molecule has 0 atom stereocenters. The molecule has 0 bridgehead atoms. The maximum atomic E-state index is 12.1. The summed E-state index contributed by atoms with van der Waals surface area (Å²) in [6, 6.07) is 6.76. The van der Waals surface area contributed by atoms with Crippen molar-refractivity contribution in [2.75, 3.05) is 18.4 Å². The molecule has 0 spiro atoms. The van der Waals surface area contributed by atoms with Crippen molar-refractivity contribution in [3.05, 3.63) is 64.6 Å². The van der Waals surface area contributed by atoms with Crippen LogP contribution in [0.3, 0.4) is 0 Å². The number of aryl methyl sites for hydroxylation is 2. The molecule has 1 amide bonds. The number of amides is 1. The zero-order chi connectivity index (χ0) is 18.5. The molecule has 0 aliphatic carbocycles. The minimum Gasteiger partial charge on any atom is -0.368 e. The summed E-state index contributed by atoms with van der Waals surface area (Å²) < 4.78 is 3.01. The van der Waals surface area contributed by atoms with Gasteiger partial charge in [-0.1, -0.05) is 0 Å². The van der Waals surface area contributed by atoms with E-state index >= 15 is 0 Å². The van der Waals surface area contributed by atoms with Crippen molar-refractivity contribution >= 4 is 11.7 Å². The molecular formula is C17H19N7O2. The standard InChI is InChI=1S/C17H19N7O2/c1-12-21-14(11-15(22-12)24-10-4-6-20-24)18-7-8-19-16(25)13-5-3-9-23(2)17(13)26/h3-6,9-11H,7-8H2,1-2H3,(H,19,25)(H,18,21,22). The van der Waals surface area contributed by atoms with Crippen LogP contribution in [-0.2, 0) is 7.05 Å². The summed E-state index contributed by atoms with van der Waals surface area (Å²) in [4.78, 5) is 32.7. The van der Waals surface area contributed by atoms with Gasteiger partial charge in [0.25, 0.3) is 11.5 Å². The van der Waals surface area contributed by atoms with Crippen molar-refractivity contribution in [1.82, 2.24) is 29.6 Å². The van der Waals surface area contributed by atoms with Gasteiger partial charge in [-0.05, 0) is 25.1 Å². The first-order valence-corrected chi connectivity index (χ1v) is 8.08. The van der Waals surface area contributed by atoms with Gasteiger partial charge >= 0.3 is 0 Å². The Kier molecular flexibility index (Phi) is 5.07. The van der Waals surface area contributed by atoms with Crippen LogP contribution in [0, 0.1) is 6.92 Å². The van der Waals surface area contributed by atoms with Gasteiger partial charge in [0.2, 0.25) is 0 Å². The Balaban J connectivity index is 1.58. The highest BCUT2D eigenvalue weighted by Gasteiger charge is 2.10. The second-order valence-electron chi connectivity index (χ2n) is 5.63. The fourth-order valence-electron chi connectivity index (χ4n) is 2.40. The Morgan fingerprint density at radius 1 is 1.19 bits per heavy atom. The zero-order valence-electron chi connectivity index (χ0n) is 14.5. The van der Waals surface area contributed by atoms with Crippen LogP contribution in [0.4, 0.5) is 5.82 Å². The number of hydrogen-bond acceptors (Lipinski definition) is 6. The molecule has 3 aromatic rings. The molecule has 0 unspecified atom stereocenters. The summed E-state index contributed by atoms with van der Waals surface area (Å²) >= 11 is 0. The maximum absolute atomic E-state index is 12.1. The maximum Gasteiger partial charge on any atom is 0.263 e. The monoisotopic (exact) mass is 353 g/mol. The van der Waals surface area contributed by atoms with E-state index in [1.165, 1.54) is 10.6 Å². The Labute approximate surface area is 149 Å². The average molecular weight is 353 g/mol. The second-order valence-corrected chi connectivity index (χ2v) is 5.63. The van der Waals surface area contributed by atoms with Crippen LogP contribution in [0.2, 0.25) is 0 Å². The second kappa shape index (κ2) is 7.60. The third-order valence-electron chi connectivity index (χ3n) is 3.65. The Bertz CT molecular complexity index is 963. The molecule has 134 valence electrons. The average Bonchev–Trinajstić information content (AvgIpc) is 3.15. The molecule has 26 heavy (non-hydrogen) atoms. The smallest absolute Gasteiger partial charge is 0.263 e. The third-order valence-corrected chi connectivity index (χ3v) is 3.65. The minimum atomic E-state index is -0.399. The van der Waals surface area contributed by atoms with E-state index < -0.39 is 5.91 Å². The van der Waals surface area contributed by atoms with Gasteiger partial charge in [0.15, 0.2) is 5.82 Å². The highest BCUT2D eigenvalue weighted by molar-refractivity contribution is 5.93. The Hall–Kier alpha value is -3.49. The van der Waals surface area contributed by atoms with Crippen LogP contribution in [0.25, 0.3) is 5.82 Å². The summed E-state index contributed by atoms with van der Waals surface area (Å²) in [5, 5.41) is 10.00. The van der Waals surface area contributed by atoms with Crippen LogP contribution < -0.4 is 16.2 Å². The molecule has 2 N–H and O–H groups in total. The first kappa shape index (κ1) is 17.3. The van der Waals surface area contributed by atoms with Gasteiger partial charge < -0.3 is 15.2 Å². The molecule has 9 heteroatoms. The van der Waals surface area contributed by atoms with Crippen molar-refractivity contribution in [2.45, 2.75) is 6.92 Å². The Morgan fingerprint density at radius 3 is 2.81 bits per heavy atom. The van der Waals surface area contributed by atoms with Gasteiger partial charge in [-0.3, -0.25) is 9.59 Å². The number of nitrogens with zero attached hydrogens (tertiary/aromatic N) is 5. The van der Waals surface area contributed by atoms with Crippen molar-refractivity contribution in [3.8, 4) is 5.82 Å². The first-order chi connectivity index (χ1) is 12.5. The number of aromatic nitrogens is 5. The number of carbonyl (C=O) groups is 1. The van der Waals surface area contributed by atoms with Gasteiger partial charge in [0.1, 0.15) is 17.2 Å². The predicted octanol–water partition coefficient (Wildman–Crippen LogP) is 0.511. The van der Waals surface area contributed by atoms with Gasteiger partial charge in [-0.2, -0.15) is 5.10 Å². The molecule has 0 fully saturated rings. The fourth-order valence-corrected chi connectivity index (χ4v) is 2.40. The molecule has 0 saturated heterocycles. The summed E-state index contributed by atoms with van der Waals surface area (Å²) in [6.45, 7) is 2.59. The molecule has 0 aliphatic rings. The molecule has 3 aromatic heterocycles. The highest BCUT2D eigenvalue weighted by Crippen LogP contribution is 2.09. The van der Waals surface area contributed by atoms with Crippen molar-refractivity contribution in [1.29, 1.82) is 0 Å². The number of pyridine rings is 1. The van der Waals surface area contributed by atoms with E-state index in [0.717, 1.165) is 0 Å². The van der Waals surface area contributed by atoms with E-state index in [-0.39, 0.29) is 11.1 Å². The van der Waals surface area contributed by atoms with E-state index in [1.807, 2.05) is 6.07 Å². The number of anilines is 1. The van der Waals surface area contributed by atoms with Crippen molar-refractivity contribution < 1.29 is 4.79 Å².